The second-order valence-corrected chi connectivity index (χ2v) is 4.30. The molecule has 1 aromatic heterocycles. The molecule has 1 heterocycles. The standard InChI is InChI=1S/C13H20N2O5/c1-9-11(12(16)17)7-10(20-9)8-15-13(18)14-5-3-4-6-19-2/h7H,3-6,8H2,1-2H3,(H,16,17)(H2,14,15,18). The Bertz CT molecular complexity index is 456. The van der Waals surface area contributed by atoms with Gasteiger partial charge in [0, 0.05) is 20.3 Å². The first-order valence-corrected chi connectivity index (χ1v) is 6.38. The third-order valence-corrected chi connectivity index (χ3v) is 2.68. The van der Waals surface area contributed by atoms with Gasteiger partial charge in [0.2, 0.25) is 0 Å². The van der Waals surface area contributed by atoms with Crippen LogP contribution in [0.2, 0.25) is 0 Å². The largest absolute Gasteiger partial charge is 0.478 e. The van der Waals surface area contributed by atoms with E-state index in [9.17, 15) is 9.59 Å². The maximum Gasteiger partial charge on any atom is 0.339 e. The fourth-order valence-corrected chi connectivity index (χ4v) is 1.65. The molecule has 0 atom stereocenters. The summed E-state index contributed by atoms with van der Waals surface area (Å²) in [6, 6.07) is 1.10. The molecule has 20 heavy (non-hydrogen) atoms. The van der Waals surface area contributed by atoms with Crippen LogP contribution in [0.5, 0.6) is 0 Å². The van der Waals surface area contributed by atoms with Crippen molar-refractivity contribution in [3.8, 4) is 0 Å². The van der Waals surface area contributed by atoms with E-state index in [1.807, 2.05) is 0 Å². The van der Waals surface area contributed by atoms with Crippen LogP contribution in [-0.2, 0) is 11.3 Å². The fraction of sp³-hybridized carbons (Fsp3) is 0.538. The number of rotatable bonds is 8. The summed E-state index contributed by atoms with van der Waals surface area (Å²) in [5, 5.41) is 14.2. The number of carboxylic acids is 1. The van der Waals surface area contributed by atoms with Gasteiger partial charge in [0.05, 0.1) is 6.54 Å². The topological polar surface area (TPSA) is 101 Å². The lowest BCUT2D eigenvalue weighted by atomic mass is 10.2. The number of urea groups is 1. The number of aromatic carboxylic acids is 1. The predicted octanol–water partition coefficient (Wildman–Crippen LogP) is 1.51. The van der Waals surface area contributed by atoms with Gasteiger partial charge in [-0.05, 0) is 25.8 Å². The van der Waals surface area contributed by atoms with Gasteiger partial charge in [0.15, 0.2) is 0 Å². The summed E-state index contributed by atoms with van der Waals surface area (Å²) in [6.45, 7) is 2.96. The molecule has 0 aliphatic carbocycles. The Morgan fingerprint density at radius 1 is 1.35 bits per heavy atom. The number of unbranched alkanes of at least 4 members (excludes halogenated alkanes) is 1. The minimum Gasteiger partial charge on any atom is -0.478 e. The Balaban J connectivity index is 2.27. The zero-order chi connectivity index (χ0) is 15.0. The van der Waals surface area contributed by atoms with Crippen molar-refractivity contribution in [1.82, 2.24) is 10.6 Å². The van der Waals surface area contributed by atoms with Crippen molar-refractivity contribution in [3.63, 3.8) is 0 Å². The Morgan fingerprint density at radius 3 is 2.70 bits per heavy atom. The smallest absolute Gasteiger partial charge is 0.339 e. The predicted molar refractivity (Wildman–Crippen MR) is 71.8 cm³/mol. The molecule has 7 heteroatoms. The van der Waals surface area contributed by atoms with Gasteiger partial charge in [-0.15, -0.1) is 0 Å². The van der Waals surface area contributed by atoms with E-state index in [2.05, 4.69) is 10.6 Å². The summed E-state index contributed by atoms with van der Waals surface area (Å²) < 4.78 is 10.1. The molecule has 0 aromatic carbocycles. The van der Waals surface area contributed by atoms with Crippen molar-refractivity contribution in [2.24, 2.45) is 0 Å². The summed E-state index contributed by atoms with van der Waals surface area (Å²) in [5.74, 6) is -0.302. The van der Waals surface area contributed by atoms with Gasteiger partial charge < -0.3 is 24.9 Å². The Kier molecular flexibility index (Phi) is 6.58. The van der Waals surface area contributed by atoms with E-state index in [1.54, 1.807) is 14.0 Å². The van der Waals surface area contributed by atoms with Gasteiger partial charge in [-0.25, -0.2) is 9.59 Å². The Hall–Kier alpha value is -2.02. The number of carboxylic acid groups (broad SMARTS) is 1. The van der Waals surface area contributed by atoms with Crippen LogP contribution in [0.3, 0.4) is 0 Å². The lowest BCUT2D eigenvalue weighted by Gasteiger charge is -2.06. The molecule has 0 saturated carbocycles. The highest BCUT2D eigenvalue weighted by atomic mass is 16.5. The van der Waals surface area contributed by atoms with Crippen LogP contribution >= 0.6 is 0 Å². The van der Waals surface area contributed by atoms with Crippen LogP contribution in [0.4, 0.5) is 4.79 Å². The number of carbonyl (C=O) groups is 2. The Morgan fingerprint density at radius 2 is 2.10 bits per heavy atom. The number of methoxy groups -OCH3 is 1. The summed E-state index contributed by atoms with van der Waals surface area (Å²) in [7, 11) is 1.64. The number of carbonyl (C=O) groups excluding carboxylic acids is 1. The summed E-state index contributed by atoms with van der Waals surface area (Å²) >= 11 is 0. The average Bonchev–Trinajstić information content (AvgIpc) is 2.77. The van der Waals surface area contributed by atoms with Crippen molar-refractivity contribution in [3.05, 3.63) is 23.2 Å². The number of hydrogen-bond acceptors (Lipinski definition) is 4. The van der Waals surface area contributed by atoms with E-state index in [0.717, 1.165) is 12.8 Å². The number of ether oxygens (including phenoxy) is 1. The van der Waals surface area contributed by atoms with E-state index in [1.165, 1.54) is 6.07 Å². The Labute approximate surface area is 117 Å². The van der Waals surface area contributed by atoms with Crippen LogP contribution in [0.15, 0.2) is 10.5 Å². The molecular formula is C13H20N2O5. The molecule has 112 valence electrons. The normalized spacial score (nSPS) is 10.3. The van der Waals surface area contributed by atoms with Gasteiger partial charge in [-0.1, -0.05) is 0 Å². The number of amides is 2. The molecule has 0 saturated heterocycles. The van der Waals surface area contributed by atoms with Crippen LogP contribution in [-0.4, -0.2) is 37.4 Å². The summed E-state index contributed by atoms with van der Waals surface area (Å²) in [5.41, 5.74) is 0.113. The molecule has 0 fully saturated rings. The molecule has 7 nitrogen and oxygen atoms in total. The highest BCUT2D eigenvalue weighted by Crippen LogP contribution is 2.14. The fourth-order valence-electron chi connectivity index (χ4n) is 1.65. The van der Waals surface area contributed by atoms with Gasteiger partial charge in [0.25, 0.3) is 0 Å². The van der Waals surface area contributed by atoms with E-state index in [4.69, 9.17) is 14.3 Å². The SMILES string of the molecule is COCCCCNC(=O)NCc1cc(C(=O)O)c(C)o1. The lowest BCUT2D eigenvalue weighted by molar-refractivity contribution is 0.0695. The highest BCUT2D eigenvalue weighted by molar-refractivity contribution is 5.88. The summed E-state index contributed by atoms with van der Waals surface area (Å²) in [6.07, 6.45) is 1.72. The maximum absolute atomic E-state index is 11.5. The quantitative estimate of drug-likeness (QED) is 0.628. The number of aryl methyl sites for hydroxylation is 1. The van der Waals surface area contributed by atoms with Crippen molar-refractivity contribution >= 4 is 12.0 Å². The van der Waals surface area contributed by atoms with Gasteiger partial charge in [0.1, 0.15) is 17.1 Å². The monoisotopic (exact) mass is 284 g/mol. The van der Waals surface area contributed by atoms with E-state index >= 15 is 0 Å². The minimum absolute atomic E-state index is 0.113. The van der Waals surface area contributed by atoms with Crippen molar-refractivity contribution in [1.29, 1.82) is 0 Å². The zero-order valence-corrected chi connectivity index (χ0v) is 11.7. The number of furan rings is 1. The highest BCUT2D eigenvalue weighted by Gasteiger charge is 2.13. The van der Waals surface area contributed by atoms with Crippen LogP contribution in [0.25, 0.3) is 0 Å². The average molecular weight is 284 g/mol. The molecule has 3 N–H and O–H groups in total. The molecular weight excluding hydrogens is 264 g/mol. The maximum atomic E-state index is 11.5. The molecule has 0 aliphatic heterocycles. The van der Waals surface area contributed by atoms with Gasteiger partial charge >= 0.3 is 12.0 Å². The van der Waals surface area contributed by atoms with E-state index in [-0.39, 0.29) is 18.1 Å². The minimum atomic E-state index is -1.04. The van der Waals surface area contributed by atoms with Crippen molar-refractivity contribution in [2.75, 3.05) is 20.3 Å². The summed E-state index contributed by atoms with van der Waals surface area (Å²) in [4.78, 5) is 22.3. The molecule has 0 bridgehead atoms. The van der Waals surface area contributed by atoms with Crippen LogP contribution in [0, 0.1) is 6.92 Å². The zero-order valence-electron chi connectivity index (χ0n) is 11.7. The number of hydrogen-bond donors (Lipinski definition) is 3. The van der Waals surface area contributed by atoms with Crippen molar-refractivity contribution < 1.29 is 23.8 Å². The van der Waals surface area contributed by atoms with Crippen LogP contribution < -0.4 is 10.6 Å². The molecule has 0 aliphatic rings. The molecule has 0 radical (unpaired) electrons. The lowest BCUT2D eigenvalue weighted by Crippen LogP contribution is -2.35. The molecule has 0 spiro atoms. The van der Waals surface area contributed by atoms with Crippen molar-refractivity contribution in [2.45, 2.75) is 26.3 Å². The molecule has 2 amide bonds. The molecule has 1 rings (SSSR count). The van der Waals surface area contributed by atoms with E-state index in [0.29, 0.717) is 24.7 Å². The third-order valence-electron chi connectivity index (χ3n) is 2.68. The van der Waals surface area contributed by atoms with Crippen LogP contribution in [0.1, 0.15) is 34.7 Å². The first-order valence-electron chi connectivity index (χ1n) is 6.38. The third kappa shape index (κ3) is 5.31. The second kappa shape index (κ2) is 8.21. The van der Waals surface area contributed by atoms with Gasteiger partial charge in [-0.2, -0.15) is 0 Å². The first-order chi connectivity index (χ1) is 9.54. The first kappa shape index (κ1) is 16.0. The molecule has 0 unspecified atom stereocenters. The van der Waals surface area contributed by atoms with Gasteiger partial charge in [-0.3, -0.25) is 0 Å². The number of nitrogens with one attached hydrogen (secondary N) is 2. The second-order valence-electron chi connectivity index (χ2n) is 4.30. The molecule has 1 aromatic rings. The van der Waals surface area contributed by atoms with E-state index < -0.39 is 5.97 Å².